The predicted molar refractivity (Wildman–Crippen MR) is 107 cm³/mol. The molecule has 2 aromatic carbocycles. The summed E-state index contributed by atoms with van der Waals surface area (Å²) in [5.41, 5.74) is 0.923. The van der Waals surface area contributed by atoms with Crippen molar-refractivity contribution in [3.8, 4) is 5.75 Å². The third-order valence-electron chi connectivity index (χ3n) is 3.96. The van der Waals surface area contributed by atoms with E-state index in [1.165, 1.54) is 4.90 Å². The van der Waals surface area contributed by atoms with E-state index in [1.54, 1.807) is 25.1 Å². The number of carbonyl (C=O) groups is 2. The van der Waals surface area contributed by atoms with Crippen LogP contribution in [0.1, 0.15) is 19.4 Å². The lowest BCUT2D eigenvalue weighted by Gasteiger charge is -2.28. The Hall–Kier alpha value is -2.24. The standard InChI is InChI=1S/C20H22Cl2N2O3/c1-3-23-20(26)14(2)24(12-15-7-5-4-6-8-15)19(25)13-27-18-10-9-16(21)11-17(18)22/h4-11,14H,3,12-13H2,1-2H3,(H,23,26)/t14-/m1/s1. The van der Waals surface area contributed by atoms with Crippen LogP contribution in [0.2, 0.25) is 10.0 Å². The van der Waals surface area contributed by atoms with Gasteiger partial charge < -0.3 is 15.0 Å². The van der Waals surface area contributed by atoms with E-state index in [0.29, 0.717) is 28.9 Å². The number of nitrogens with zero attached hydrogens (tertiary/aromatic N) is 1. The van der Waals surface area contributed by atoms with Gasteiger partial charge in [-0.2, -0.15) is 0 Å². The first-order valence-electron chi connectivity index (χ1n) is 8.61. The smallest absolute Gasteiger partial charge is 0.261 e. The summed E-state index contributed by atoms with van der Waals surface area (Å²) in [5.74, 6) is -0.172. The minimum absolute atomic E-state index is 0.216. The molecule has 0 heterocycles. The molecule has 5 nitrogen and oxygen atoms in total. The molecule has 2 amide bonds. The van der Waals surface area contributed by atoms with Gasteiger partial charge >= 0.3 is 0 Å². The van der Waals surface area contributed by atoms with Crippen molar-refractivity contribution in [3.05, 3.63) is 64.1 Å². The predicted octanol–water partition coefficient (Wildman–Crippen LogP) is 3.93. The topological polar surface area (TPSA) is 58.6 Å². The highest BCUT2D eigenvalue weighted by Crippen LogP contribution is 2.27. The van der Waals surface area contributed by atoms with E-state index in [-0.39, 0.29) is 18.4 Å². The Kier molecular flexibility index (Phi) is 7.95. The van der Waals surface area contributed by atoms with Crippen LogP contribution in [0, 0.1) is 0 Å². The minimum Gasteiger partial charge on any atom is -0.482 e. The number of rotatable bonds is 8. The normalized spacial score (nSPS) is 11.6. The molecule has 1 N–H and O–H groups in total. The summed E-state index contributed by atoms with van der Waals surface area (Å²) in [7, 11) is 0. The van der Waals surface area contributed by atoms with Gasteiger partial charge in [-0.05, 0) is 37.6 Å². The average molecular weight is 409 g/mol. The number of hydrogen-bond acceptors (Lipinski definition) is 3. The van der Waals surface area contributed by atoms with Gasteiger partial charge in [-0.1, -0.05) is 53.5 Å². The quantitative estimate of drug-likeness (QED) is 0.719. The van der Waals surface area contributed by atoms with Gasteiger partial charge in [0.15, 0.2) is 6.61 Å². The molecule has 0 unspecified atom stereocenters. The second kappa shape index (κ2) is 10.2. The molecule has 27 heavy (non-hydrogen) atoms. The van der Waals surface area contributed by atoms with Crippen molar-refractivity contribution < 1.29 is 14.3 Å². The Balaban J connectivity index is 2.13. The number of carbonyl (C=O) groups excluding carboxylic acids is 2. The van der Waals surface area contributed by atoms with Crippen LogP contribution in [0.5, 0.6) is 5.75 Å². The van der Waals surface area contributed by atoms with Gasteiger partial charge in [0.1, 0.15) is 11.8 Å². The lowest BCUT2D eigenvalue weighted by Crippen LogP contribution is -2.49. The van der Waals surface area contributed by atoms with Crippen LogP contribution >= 0.6 is 23.2 Å². The molecule has 0 spiro atoms. The Labute approximate surface area is 169 Å². The van der Waals surface area contributed by atoms with E-state index in [1.807, 2.05) is 37.3 Å². The summed E-state index contributed by atoms with van der Waals surface area (Å²) >= 11 is 11.9. The molecule has 2 aromatic rings. The summed E-state index contributed by atoms with van der Waals surface area (Å²) in [6.07, 6.45) is 0. The van der Waals surface area contributed by atoms with Gasteiger partial charge in [0.05, 0.1) is 5.02 Å². The SMILES string of the molecule is CCNC(=O)[C@@H](C)N(Cc1ccccc1)C(=O)COc1ccc(Cl)cc1Cl. The number of hydrogen-bond donors (Lipinski definition) is 1. The number of amides is 2. The molecular weight excluding hydrogens is 387 g/mol. The zero-order valence-corrected chi connectivity index (χ0v) is 16.8. The number of nitrogens with one attached hydrogen (secondary N) is 1. The largest absolute Gasteiger partial charge is 0.482 e. The molecule has 0 radical (unpaired) electrons. The van der Waals surface area contributed by atoms with Crippen molar-refractivity contribution in [2.75, 3.05) is 13.2 Å². The van der Waals surface area contributed by atoms with Crippen LogP contribution in [-0.4, -0.2) is 35.9 Å². The third-order valence-corrected chi connectivity index (χ3v) is 4.49. The maximum atomic E-state index is 12.8. The first-order valence-corrected chi connectivity index (χ1v) is 9.37. The molecule has 0 saturated carbocycles. The fraction of sp³-hybridized carbons (Fsp3) is 0.300. The second-order valence-electron chi connectivity index (χ2n) is 5.94. The van der Waals surface area contributed by atoms with Gasteiger partial charge in [-0.25, -0.2) is 0 Å². The third kappa shape index (κ3) is 6.15. The van der Waals surface area contributed by atoms with Gasteiger partial charge in [0.25, 0.3) is 5.91 Å². The maximum absolute atomic E-state index is 12.8. The molecule has 0 saturated heterocycles. The second-order valence-corrected chi connectivity index (χ2v) is 6.78. The first-order chi connectivity index (χ1) is 12.9. The Morgan fingerprint density at radius 3 is 2.48 bits per heavy atom. The molecule has 0 aliphatic carbocycles. The van der Waals surface area contributed by atoms with E-state index >= 15 is 0 Å². The fourth-order valence-corrected chi connectivity index (χ4v) is 2.96. The van der Waals surface area contributed by atoms with Crippen molar-refractivity contribution >= 4 is 35.0 Å². The van der Waals surface area contributed by atoms with Crippen LogP contribution in [0.25, 0.3) is 0 Å². The highest BCUT2D eigenvalue weighted by Gasteiger charge is 2.26. The monoisotopic (exact) mass is 408 g/mol. The van der Waals surface area contributed by atoms with E-state index in [9.17, 15) is 9.59 Å². The van der Waals surface area contributed by atoms with Crippen molar-refractivity contribution in [2.24, 2.45) is 0 Å². The first kappa shape index (κ1) is 21.1. The van der Waals surface area contributed by atoms with Crippen molar-refractivity contribution in [2.45, 2.75) is 26.4 Å². The number of likely N-dealkylation sites (N-methyl/N-ethyl adjacent to an activating group) is 1. The zero-order valence-electron chi connectivity index (χ0n) is 15.2. The molecule has 0 bridgehead atoms. The molecule has 1 atom stereocenters. The van der Waals surface area contributed by atoms with Crippen LogP contribution in [-0.2, 0) is 16.1 Å². The summed E-state index contributed by atoms with van der Waals surface area (Å²) in [4.78, 5) is 26.6. The number of ether oxygens (including phenoxy) is 1. The van der Waals surface area contributed by atoms with Crippen LogP contribution in [0.4, 0.5) is 0 Å². The lowest BCUT2D eigenvalue weighted by molar-refractivity contribution is -0.142. The Morgan fingerprint density at radius 1 is 1.15 bits per heavy atom. The molecule has 0 aromatic heterocycles. The van der Waals surface area contributed by atoms with E-state index in [4.69, 9.17) is 27.9 Å². The van der Waals surface area contributed by atoms with Crippen LogP contribution in [0.3, 0.4) is 0 Å². The Bertz CT molecular complexity index is 784. The molecule has 0 aliphatic rings. The zero-order chi connectivity index (χ0) is 19.8. The van der Waals surface area contributed by atoms with Crippen LogP contribution < -0.4 is 10.1 Å². The van der Waals surface area contributed by atoms with Crippen molar-refractivity contribution in [1.82, 2.24) is 10.2 Å². The van der Waals surface area contributed by atoms with Gasteiger partial charge in [-0.3, -0.25) is 9.59 Å². The van der Waals surface area contributed by atoms with Crippen molar-refractivity contribution in [1.29, 1.82) is 0 Å². The summed E-state index contributed by atoms with van der Waals surface area (Å²) in [6, 6.07) is 13.6. The van der Waals surface area contributed by atoms with E-state index in [0.717, 1.165) is 5.56 Å². The molecular formula is C20H22Cl2N2O3. The van der Waals surface area contributed by atoms with E-state index < -0.39 is 6.04 Å². The highest BCUT2D eigenvalue weighted by atomic mass is 35.5. The van der Waals surface area contributed by atoms with Gasteiger partial charge in [-0.15, -0.1) is 0 Å². The van der Waals surface area contributed by atoms with Crippen LogP contribution in [0.15, 0.2) is 48.5 Å². The molecule has 144 valence electrons. The Morgan fingerprint density at radius 2 is 1.85 bits per heavy atom. The summed E-state index contributed by atoms with van der Waals surface area (Å²) in [6.45, 7) is 4.09. The average Bonchev–Trinajstić information content (AvgIpc) is 2.65. The molecule has 0 fully saturated rings. The van der Waals surface area contributed by atoms with Crippen molar-refractivity contribution in [3.63, 3.8) is 0 Å². The minimum atomic E-state index is -0.637. The van der Waals surface area contributed by atoms with Gasteiger partial charge in [0, 0.05) is 18.1 Å². The maximum Gasteiger partial charge on any atom is 0.261 e. The number of benzene rings is 2. The van der Waals surface area contributed by atoms with Gasteiger partial charge in [0.2, 0.25) is 5.91 Å². The number of halogens is 2. The molecule has 2 rings (SSSR count). The molecule has 0 aliphatic heterocycles. The summed E-state index contributed by atoms with van der Waals surface area (Å²) < 4.78 is 5.55. The molecule has 7 heteroatoms. The van der Waals surface area contributed by atoms with E-state index in [2.05, 4.69) is 5.32 Å². The highest BCUT2D eigenvalue weighted by molar-refractivity contribution is 6.35. The lowest BCUT2D eigenvalue weighted by atomic mass is 10.1. The fourth-order valence-electron chi connectivity index (χ4n) is 2.50. The summed E-state index contributed by atoms with van der Waals surface area (Å²) in [5, 5.41) is 3.55.